The zero-order chi connectivity index (χ0) is 12.8. The molecular formula is C12H15FN2O2S. The Morgan fingerprint density at radius 2 is 1.94 bits per heavy atom. The Balaban J connectivity index is 1.90. The SMILES string of the molecule is O=S(=O)(c1ncccc1F)N1CC2CCCC2C1. The molecule has 0 amide bonds. The van der Waals surface area contributed by atoms with Gasteiger partial charge in [-0.1, -0.05) is 6.42 Å². The smallest absolute Gasteiger partial charge is 0.241 e. The Hall–Kier alpha value is -1.01. The first-order valence-electron chi connectivity index (χ1n) is 6.19. The Kier molecular flexibility index (Phi) is 2.86. The average molecular weight is 270 g/mol. The second-order valence-corrected chi connectivity index (χ2v) is 6.92. The van der Waals surface area contributed by atoms with E-state index in [1.165, 1.54) is 23.0 Å². The van der Waals surface area contributed by atoms with Crippen molar-refractivity contribution < 1.29 is 12.8 Å². The number of hydrogen-bond acceptors (Lipinski definition) is 3. The van der Waals surface area contributed by atoms with Crippen LogP contribution in [0.25, 0.3) is 0 Å². The normalized spacial score (nSPS) is 28.5. The summed E-state index contributed by atoms with van der Waals surface area (Å²) in [5.41, 5.74) is 0. The summed E-state index contributed by atoms with van der Waals surface area (Å²) in [4.78, 5) is 3.68. The summed E-state index contributed by atoms with van der Waals surface area (Å²) in [5, 5.41) is -0.440. The molecule has 1 aliphatic heterocycles. The summed E-state index contributed by atoms with van der Waals surface area (Å²) in [6, 6.07) is 2.53. The number of sulfonamides is 1. The lowest BCUT2D eigenvalue weighted by Gasteiger charge is -2.16. The molecule has 0 radical (unpaired) electrons. The number of fused-ring (bicyclic) bond motifs is 1. The van der Waals surface area contributed by atoms with Gasteiger partial charge >= 0.3 is 0 Å². The maximum absolute atomic E-state index is 13.6. The van der Waals surface area contributed by atoms with Gasteiger partial charge < -0.3 is 0 Å². The molecular weight excluding hydrogens is 255 g/mol. The molecule has 2 unspecified atom stereocenters. The predicted molar refractivity (Wildman–Crippen MR) is 63.8 cm³/mol. The van der Waals surface area contributed by atoms with Gasteiger partial charge in [-0.3, -0.25) is 0 Å². The first-order chi connectivity index (χ1) is 8.59. The van der Waals surface area contributed by atoms with Crippen LogP contribution in [-0.2, 0) is 10.0 Å². The van der Waals surface area contributed by atoms with Gasteiger partial charge in [0, 0.05) is 19.3 Å². The molecule has 3 rings (SSSR count). The maximum Gasteiger partial charge on any atom is 0.263 e. The lowest BCUT2D eigenvalue weighted by atomic mass is 10.0. The number of halogens is 1. The number of pyridine rings is 1. The molecule has 0 aromatic carbocycles. The van der Waals surface area contributed by atoms with Crippen LogP contribution in [0.5, 0.6) is 0 Å². The van der Waals surface area contributed by atoms with Crippen molar-refractivity contribution in [3.8, 4) is 0 Å². The average Bonchev–Trinajstić information content (AvgIpc) is 2.89. The molecule has 6 heteroatoms. The van der Waals surface area contributed by atoms with Gasteiger partial charge in [0.15, 0.2) is 5.82 Å². The molecule has 2 atom stereocenters. The van der Waals surface area contributed by atoms with Gasteiger partial charge in [-0.05, 0) is 36.8 Å². The summed E-state index contributed by atoms with van der Waals surface area (Å²) >= 11 is 0. The van der Waals surface area contributed by atoms with Crippen LogP contribution in [0.3, 0.4) is 0 Å². The molecule has 1 saturated heterocycles. The third kappa shape index (κ3) is 1.83. The van der Waals surface area contributed by atoms with Crippen LogP contribution >= 0.6 is 0 Å². The van der Waals surface area contributed by atoms with Crippen LogP contribution in [-0.4, -0.2) is 30.8 Å². The van der Waals surface area contributed by atoms with Crippen LogP contribution in [0.4, 0.5) is 4.39 Å². The second kappa shape index (κ2) is 4.28. The lowest BCUT2D eigenvalue weighted by molar-refractivity contribution is 0.436. The highest BCUT2D eigenvalue weighted by molar-refractivity contribution is 7.89. The van der Waals surface area contributed by atoms with Crippen LogP contribution in [0.15, 0.2) is 23.4 Å². The summed E-state index contributed by atoms with van der Waals surface area (Å²) < 4.78 is 39.6. The molecule has 1 aliphatic carbocycles. The maximum atomic E-state index is 13.6. The van der Waals surface area contributed by atoms with E-state index in [0.717, 1.165) is 18.9 Å². The van der Waals surface area contributed by atoms with Crippen LogP contribution < -0.4 is 0 Å². The molecule has 4 nitrogen and oxygen atoms in total. The summed E-state index contributed by atoms with van der Waals surface area (Å²) in [6.07, 6.45) is 4.66. The highest BCUT2D eigenvalue weighted by atomic mass is 32.2. The summed E-state index contributed by atoms with van der Waals surface area (Å²) in [6.45, 7) is 1.03. The highest BCUT2D eigenvalue weighted by Crippen LogP contribution is 2.39. The molecule has 1 aromatic heterocycles. The first kappa shape index (κ1) is 12.0. The van der Waals surface area contributed by atoms with E-state index in [1.807, 2.05) is 0 Å². The first-order valence-corrected chi connectivity index (χ1v) is 7.64. The molecule has 98 valence electrons. The number of hydrogen-bond donors (Lipinski definition) is 0. The Bertz CT molecular complexity index is 549. The van der Waals surface area contributed by atoms with Gasteiger partial charge in [0.25, 0.3) is 10.0 Å². The standard InChI is InChI=1S/C12H15FN2O2S/c13-11-5-2-6-14-12(11)18(16,17)15-7-9-3-1-4-10(9)8-15/h2,5-6,9-10H,1,3-4,7-8H2. The molecule has 1 saturated carbocycles. The molecule has 2 fully saturated rings. The fourth-order valence-corrected chi connectivity index (χ4v) is 4.60. The van der Waals surface area contributed by atoms with Gasteiger partial charge in [-0.2, -0.15) is 4.31 Å². The molecule has 0 N–H and O–H groups in total. The van der Waals surface area contributed by atoms with Gasteiger partial charge in [-0.15, -0.1) is 0 Å². The van der Waals surface area contributed by atoms with Crippen molar-refractivity contribution >= 4 is 10.0 Å². The molecule has 18 heavy (non-hydrogen) atoms. The van der Waals surface area contributed by atoms with Crippen molar-refractivity contribution in [2.45, 2.75) is 24.3 Å². The summed E-state index contributed by atoms with van der Waals surface area (Å²) in [7, 11) is -3.76. The van der Waals surface area contributed by atoms with Crippen molar-refractivity contribution in [1.82, 2.24) is 9.29 Å². The monoisotopic (exact) mass is 270 g/mol. The fraction of sp³-hybridized carbons (Fsp3) is 0.583. The third-order valence-electron chi connectivity index (χ3n) is 4.00. The largest absolute Gasteiger partial charge is 0.263 e. The second-order valence-electron chi connectivity index (χ2n) is 5.06. The van der Waals surface area contributed by atoms with Gasteiger partial charge in [0.05, 0.1) is 0 Å². The summed E-state index contributed by atoms with van der Waals surface area (Å²) in [5.74, 6) is 0.132. The minimum absolute atomic E-state index is 0.440. The minimum Gasteiger partial charge on any atom is -0.241 e. The van der Waals surface area contributed by atoms with Crippen LogP contribution in [0, 0.1) is 17.7 Å². The molecule has 0 spiro atoms. The van der Waals surface area contributed by atoms with Crippen molar-refractivity contribution in [3.63, 3.8) is 0 Å². The van der Waals surface area contributed by atoms with E-state index >= 15 is 0 Å². The van der Waals surface area contributed by atoms with Crippen LogP contribution in [0.1, 0.15) is 19.3 Å². The topological polar surface area (TPSA) is 50.3 Å². The van der Waals surface area contributed by atoms with E-state index < -0.39 is 20.9 Å². The van der Waals surface area contributed by atoms with Crippen molar-refractivity contribution in [3.05, 3.63) is 24.1 Å². The van der Waals surface area contributed by atoms with E-state index in [0.29, 0.717) is 24.9 Å². The van der Waals surface area contributed by atoms with E-state index in [1.54, 1.807) is 0 Å². The fourth-order valence-electron chi connectivity index (χ4n) is 3.07. The number of nitrogens with zero attached hydrogens (tertiary/aromatic N) is 2. The van der Waals surface area contributed by atoms with Crippen molar-refractivity contribution in [1.29, 1.82) is 0 Å². The predicted octanol–water partition coefficient (Wildman–Crippen LogP) is 1.64. The molecule has 1 aromatic rings. The van der Waals surface area contributed by atoms with Gasteiger partial charge in [-0.25, -0.2) is 17.8 Å². The van der Waals surface area contributed by atoms with Gasteiger partial charge in [0.2, 0.25) is 5.03 Å². The number of rotatable bonds is 2. The molecule has 0 bridgehead atoms. The molecule has 2 aliphatic rings. The highest BCUT2D eigenvalue weighted by Gasteiger charge is 2.42. The Labute approximate surface area is 106 Å². The van der Waals surface area contributed by atoms with Crippen molar-refractivity contribution in [2.24, 2.45) is 11.8 Å². The number of aromatic nitrogens is 1. The lowest BCUT2D eigenvalue weighted by Crippen LogP contribution is -2.31. The quantitative estimate of drug-likeness (QED) is 0.821. The Morgan fingerprint density at radius 3 is 2.56 bits per heavy atom. The van der Waals surface area contributed by atoms with Crippen LogP contribution in [0.2, 0.25) is 0 Å². The minimum atomic E-state index is -3.76. The van der Waals surface area contributed by atoms with E-state index in [4.69, 9.17) is 0 Å². The van der Waals surface area contributed by atoms with Gasteiger partial charge in [0.1, 0.15) is 0 Å². The molecule has 2 heterocycles. The van der Waals surface area contributed by atoms with E-state index in [-0.39, 0.29) is 0 Å². The van der Waals surface area contributed by atoms with E-state index in [9.17, 15) is 12.8 Å². The Morgan fingerprint density at radius 1 is 1.28 bits per heavy atom. The third-order valence-corrected chi connectivity index (χ3v) is 5.77. The van der Waals surface area contributed by atoms with Crippen molar-refractivity contribution in [2.75, 3.05) is 13.1 Å². The zero-order valence-corrected chi connectivity index (χ0v) is 10.7. The zero-order valence-electron chi connectivity index (χ0n) is 9.92. The van der Waals surface area contributed by atoms with E-state index in [2.05, 4.69) is 4.98 Å².